The number of halogens is 1. The van der Waals surface area contributed by atoms with E-state index in [0.29, 0.717) is 17.3 Å². The van der Waals surface area contributed by atoms with Crippen LogP contribution in [0.4, 0.5) is 0 Å². The Morgan fingerprint density at radius 1 is 1.30 bits per heavy atom. The number of carboxylic acids is 1. The second-order valence-electron chi connectivity index (χ2n) is 5.72. The average Bonchev–Trinajstić information content (AvgIpc) is 3.14. The molecule has 2 heterocycles. The Hall–Kier alpha value is -2.34. The molecular formula is C16H15ClN2O4. The molecule has 1 saturated heterocycles. The smallest absolute Gasteiger partial charge is 0.308 e. The molecule has 1 aliphatic heterocycles. The molecule has 1 fully saturated rings. The zero-order valence-corrected chi connectivity index (χ0v) is 13.2. The first-order chi connectivity index (χ1) is 11.0. The maximum Gasteiger partial charge on any atom is 0.308 e. The van der Waals surface area contributed by atoms with Gasteiger partial charge in [-0.15, -0.1) is 0 Å². The third kappa shape index (κ3) is 3.07. The van der Waals surface area contributed by atoms with Crippen molar-refractivity contribution in [3.63, 3.8) is 0 Å². The van der Waals surface area contributed by atoms with E-state index in [1.54, 1.807) is 30.3 Å². The van der Waals surface area contributed by atoms with Gasteiger partial charge in [-0.2, -0.15) is 0 Å². The van der Waals surface area contributed by atoms with Crippen LogP contribution in [0.3, 0.4) is 0 Å². The molecule has 0 bridgehead atoms. The number of likely N-dealkylation sites (tertiary alicyclic amines) is 1. The Kier molecular flexibility index (Phi) is 4.09. The standard InChI is InChI=1S/C16H15ClN2O4/c1-9-7-19(8-12(9)16(21)22)15(20)13-6-14(23-18-13)10-2-4-11(17)5-3-10/h2-6,9,12H,7-8H2,1H3,(H,21,22)/t9-,12-/m1/s1. The number of carbonyl (C=O) groups excluding carboxylic acids is 1. The van der Waals surface area contributed by atoms with E-state index in [-0.39, 0.29) is 24.1 Å². The van der Waals surface area contributed by atoms with Crippen LogP contribution in [-0.4, -0.2) is 40.1 Å². The van der Waals surface area contributed by atoms with E-state index >= 15 is 0 Å². The second-order valence-corrected chi connectivity index (χ2v) is 6.15. The predicted molar refractivity (Wildman–Crippen MR) is 83.1 cm³/mol. The van der Waals surface area contributed by atoms with Crippen LogP contribution in [0, 0.1) is 11.8 Å². The average molecular weight is 335 g/mol. The van der Waals surface area contributed by atoms with E-state index in [1.807, 2.05) is 6.92 Å². The van der Waals surface area contributed by atoms with E-state index in [1.165, 1.54) is 4.90 Å². The molecule has 0 spiro atoms. The molecule has 1 aliphatic rings. The van der Waals surface area contributed by atoms with Crippen molar-refractivity contribution in [3.8, 4) is 11.3 Å². The van der Waals surface area contributed by atoms with E-state index in [4.69, 9.17) is 21.2 Å². The summed E-state index contributed by atoms with van der Waals surface area (Å²) in [5, 5.41) is 13.6. The Morgan fingerprint density at radius 2 is 2.00 bits per heavy atom. The van der Waals surface area contributed by atoms with Gasteiger partial charge in [-0.25, -0.2) is 0 Å². The van der Waals surface area contributed by atoms with Crippen LogP contribution in [0.15, 0.2) is 34.9 Å². The van der Waals surface area contributed by atoms with E-state index < -0.39 is 11.9 Å². The number of hydrogen-bond acceptors (Lipinski definition) is 4. The number of carboxylic acid groups (broad SMARTS) is 1. The summed E-state index contributed by atoms with van der Waals surface area (Å²) >= 11 is 5.84. The second kappa shape index (κ2) is 6.04. The molecule has 1 aromatic heterocycles. The lowest BCUT2D eigenvalue weighted by molar-refractivity contribution is -0.142. The van der Waals surface area contributed by atoms with E-state index in [9.17, 15) is 9.59 Å². The minimum absolute atomic E-state index is 0.0842. The number of benzene rings is 1. The summed E-state index contributed by atoms with van der Waals surface area (Å²) in [5.74, 6) is -1.35. The number of aliphatic carboxylic acids is 1. The Labute approximate surface area is 137 Å². The molecule has 2 atom stereocenters. The van der Waals surface area contributed by atoms with Crippen molar-refractivity contribution < 1.29 is 19.2 Å². The van der Waals surface area contributed by atoms with Gasteiger partial charge < -0.3 is 14.5 Å². The predicted octanol–water partition coefficient (Wildman–Crippen LogP) is 2.79. The van der Waals surface area contributed by atoms with E-state index in [2.05, 4.69) is 5.16 Å². The number of nitrogens with zero attached hydrogens (tertiary/aromatic N) is 2. The minimum Gasteiger partial charge on any atom is -0.481 e. The van der Waals surface area contributed by atoms with Gasteiger partial charge in [0.2, 0.25) is 0 Å². The largest absolute Gasteiger partial charge is 0.481 e. The molecule has 6 nitrogen and oxygen atoms in total. The Bertz CT molecular complexity index is 741. The first-order valence-electron chi connectivity index (χ1n) is 7.20. The number of rotatable bonds is 3. The number of carbonyl (C=O) groups is 2. The van der Waals surface area contributed by atoms with Crippen LogP contribution >= 0.6 is 11.6 Å². The van der Waals surface area contributed by atoms with Crippen molar-refractivity contribution in [2.45, 2.75) is 6.92 Å². The quantitative estimate of drug-likeness (QED) is 0.933. The zero-order chi connectivity index (χ0) is 16.6. The maximum absolute atomic E-state index is 12.4. The molecule has 120 valence electrons. The van der Waals surface area contributed by atoms with Crippen molar-refractivity contribution >= 4 is 23.5 Å². The van der Waals surface area contributed by atoms with Crippen LogP contribution in [0.5, 0.6) is 0 Å². The lowest BCUT2D eigenvalue weighted by Gasteiger charge is -2.13. The summed E-state index contributed by atoms with van der Waals surface area (Å²) in [6, 6.07) is 8.55. The molecule has 3 rings (SSSR count). The molecule has 2 aromatic rings. The topological polar surface area (TPSA) is 83.6 Å². The number of amides is 1. The Balaban J connectivity index is 1.77. The summed E-state index contributed by atoms with van der Waals surface area (Å²) in [5.41, 5.74) is 0.937. The SMILES string of the molecule is C[C@@H]1CN(C(=O)c2cc(-c3ccc(Cl)cc3)on2)C[C@H]1C(=O)O. The molecule has 0 unspecified atom stereocenters. The molecule has 1 N–H and O–H groups in total. The van der Waals surface area contributed by atoms with Gasteiger partial charge in [0.1, 0.15) is 0 Å². The lowest BCUT2D eigenvalue weighted by atomic mass is 9.99. The van der Waals surface area contributed by atoms with Gasteiger partial charge in [0.25, 0.3) is 5.91 Å². The van der Waals surface area contributed by atoms with Gasteiger partial charge in [0, 0.05) is 29.7 Å². The highest BCUT2D eigenvalue weighted by Crippen LogP contribution is 2.26. The molecule has 0 radical (unpaired) electrons. The van der Waals surface area contributed by atoms with E-state index in [0.717, 1.165) is 5.56 Å². The van der Waals surface area contributed by atoms with Crippen LogP contribution in [0.1, 0.15) is 17.4 Å². The molecule has 23 heavy (non-hydrogen) atoms. The van der Waals surface area contributed by atoms with Crippen LogP contribution in [0.25, 0.3) is 11.3 Å². The van der Waals surface area contributed by atoms with Gasteiger partial charge in [-0.3, -0.25) is 9.59 Å². The third-order valence-electron chi connectivity index (χ3n) is 4.07. The highest BCUT2D eigenvalue weighted by Gasteiger charge is 2.38. The lowest BCUT2D eigenvalue weighted by Crippen LogP contribution is -2.30. The van der Waals surface area contributed by atoms with Crippen molar-refractivity contribution in [2.24, 2.45) is 11.8 Å². The highest BCUT2D eigenvalue weighted by molar-refractivity contribution is 6.30. The fourth-order valence-corrected chi connectivity index (χ4v) is 2.87. The summed E-state index contributed by atoms with van der Waals surface area (Å²) in [4.78, 5) is 25.1. The molecule has 0 saturated carbocycles. The van der Waals surface area contributed by atoms with Crippen molar-refractivity contribution in [1.29, 1.82) is 0 Å². The molecule has 1 amide bonds. The fourth-order valence-electron chi connectivity index (χ4n) is 2.74. The third-order valence-corrected chi connectivity index (χ3v) is 4.33. The molecular weight excluding hydrogens is 320 g/mol. The van der Waals surface area contributed by atoms with Crippen molar-refractivity contribution in [3.05, 3.63) is 41.0 Å². The zero-order valence-electron chi connectivity index (χ0n) is 12.4. The van der Waals surface area contributed by atoms with Crippen molar-refractivity contribution in [2.75, 3.05) is 13.1 Å². The summed E-state index contributed by atoms with van der Waals surface area (Å²) in [6.07, 6.45) is 0. The van der Waals surface area contributed by atoms with Gasteiger partial charge >= 0.3 is 5.97 Å². The normalized spacial score (nSPS) is 20.7. The van der Waals surface area contributed by atoms with Crippen LogP contribution in [-0.2, 0) is 4.79 Å². The molecule has 7 heteroatoms. The van der Waals surface area contributed by atoms with Gasteiger partial charge in [0.15, 0.2) is 11.5 Å². The minimum atomic E-state index is -0.880. The Morgan fingerprint density at radius 3 is 2.61 bits per heavy atom. The molecule has 1 aromatic carbocycles. The van der Waals surface area contributed by atoms with Crippen molar-refractivity contribution in [1.82, 2.24) is 10.1 Å². The number of hydrogen-bond donors (Lipinski definition) is 1. The highest BCUT2D eigenvalue weighted by atomic mass is 35.5. The summed E-state index contributed by atoms with van der Waals surface area (Å²) in [7, 11) is 0. The van der Waals surface area contributed by atoms with Gasteiger partial charge in [-0.1, -0.05) is 23.7 Å². The first kappa shape index (κ1) is 15.6. The summed E-state index contributed by atoms with van der Waals surface area (Å²) < 4.78 is 5.22. The van der Waals surface area contributed by atoms with Crippen LogP contribution in [0.2, 0.25) is 5.02 Å². The van der Waals surface area contributed by atoms with Crippen LogP contribution < -0.4 is 0 Å². The monoisotopic (exact) mass is 334 g/mol. The fraction of sp³-hybridized carbons (Fsp3) is 0.312. The summed E-state index contributed by atoms with van der Waals surface area (Å²) in [6.45, 7) is 2.42. The first-order valence-corrected chi connectivity index (χ1v) is 7.58. The molecule has 0 aliphatic carbocycles. The van der Waals surface area contributed by atoms with Gasteiger partial charge in [-0.05, 0) is 30.2 Å². The maximum atomic E-state index is 12.4. The number of aromatic nitrogens is 1. The van der Waals surface area contributed by atoms with Gasteiger partial charge in [0.05, 0.1) is 5.92 Å².